The van der Waals surface area contributed by atoms with Gasteiger partial charge in [-0.2, -0.15) is 0 Å². The molecule has 0 saturated carbocycles. The van der Waals surface area contributed by atoms with Gasteiger partial charge < -0.3 is 14.8 Å². The summed E-state index contributed by atoms with van der Waals surface area (Å²) in [6.45, 7) is 2.12. The lowest BCUT2D eigenvalue weighted by atomic mass is 10.0. The highest BCUT2D eigenvalue weighted by Crippen LogP contribution is 2.15. The third-order valence-electron chi connectivity index (χ3n) is 3.28. The molecule has 0 aromatic carbocycles. The second kappa shape index (κ2) is 4.65. The molecule has 0 radical (unpaired) electrons. The molecule has 0 bridgehead atoms. The van der Waals surface area contributed by atoms with Crippen LogP contribution in [0.1, 0.15) is 23.3 Å². The Morgan fingerprint density at radius 3 is 2.81 bits per heavy atom. The molecule has 88 valence electrons. The topological polar surface area (TPSA) is 52.2 Å². The quantitative estimate of drug-likeness (QED) is 0.796. The van der Waals surface area contributed by atoms with Crippen LogP contribution in [0.15, 0.2) is 12.5 Å². The second-order valence-electron chi connectivity index (χ2n) is 4.42. The number of hydrogen-bond donors (Lipinski definition) is 1. The number of H-pyrrole nitrogens is 1. The highest BCUT2D eigenvalue weighted by Gasteiger charge is 2.25. The fraction of sp³-hybridized carbons (Fsp3) is 0.636. The zero-order valence-electron chi connectivity index (χ0n) is 9.81. The molecule has 1 amide bonds. The fourth-order valence-electron chi connectivity index (χ4n) is 2.11. The van der Waals surface area contributed by atoms with Crippen molar-refractivity contribution < 1.29 is 4.79 Å². The normalized spacial score (nSPS) is 18.6. The van der Waals surface area contributed by atoms with Crippen LogP contribution >= 0.6 is 0 Å². The van der Waals surface area contributed by atoms with Crippen LogP contribution in [0.5, 0.6) is 0 Å². The van der Waals surface area contributed by atoms with E-state index in [2.05, 4.69) is 21.9 Å². The van der Waals surface area contributed by atoms with Crippen LogP contribution in [0, 0.1) is 0 Å². The summed E-state index contributed by atoms with van der Waals surface area (Å²) in [5.74, 6) is 0.0343. The molecule has 1 aromatic heterocycles. The van der Waals surface area contributed by atoms with E-state index in [0.29, 0.717) is 11.7 Å². The third kappa shape index (κ3) is 2.24. The molecule has 1 aliphatic heterocycles. The van der Waals surface area contributed by atoms with Gasteiger partial charge in [-0.25, -0.2) is 4.98 Å². The molecule has 0 aliphatic carbocycles. The Bertz CT molecular complexity index is 341. The average Bonchev–Trinajstić information content (AvgIpc) is 2.81. The van der Waals surface area contributed by atoms with Crippen molar-refractivity contribution >= 4 is 5.91 Å². The van der Waals surface area contributed by atoms with Gasteiger partial charge in [-0.05, 0) is 33.0 Å². The number of aromatic amines is 1. The zero-order chi connectivity index (χ0) is 11.5. The van der Waals surface area contributed by atoms with Crippen molar-refractivity contribution in [1.82, 2.24) is 19.8 Å². The molecule has 1 aliphatic rings. The third-order valence-corrected chi connectivity index (χ3v) is 3.28. The van der Waals surface area contributed by atoms with Crippen molar-refractivity contribution in [2.24, 2.45) is 0 Å². The van der Waals surface area contributed by atoms with Crippen LogP contribution in [0.4, 0.5) is 0 Å². The number of imidazole rings is 1. The minimum atomic E-state index is 0.0343. The standard InChI is InChI=1S/C11H18N4O/c1-14-5-3-9(4-6-14)15(2)11(16)10-7-12-8-13-10/h7-9H,3-6H2,1-2H3,(H,12,13). The van der Waals surface area contributed by atoms with Gasteiger partial charge in [-0.3, -0.25) is 4.79 Å². The maximum Gasteiger partial charge on any atom is 0.271 e. The number of nitrogens with zero attached hydrogens (tertiary/aromatic N) is 3. The Morgan fingerprint density at radius 2 is 2.25 bits per heavy atom. The number of hydrogen-bond acceptors (Lipinski definition) is 3. The number of carbonyl (C=O) groups excluding carboxylic acids is 1. The summed E-state index contributed by atoms with van der Waals surface area (Å²) in [7, 11) is 3.99. The predicted octanol–water partition coefficient (Wildman–Crippen LogP) is 0.576. The molecular weight excluding hydrogens is 204 g/mol. The molecule has 2 rings (SSSR count). The summed E-state index contributed by atoms with van der Waals surface area (Å²) in [5.41, 5.74) is 0.571. The maximum absolute atomic E-state index is 12.0. The van der Waals surface area contributed by atoms with E-state index >= 15 is 0 Å². The number of piperidine rings is 1. The summed E-state index contributed by atoms with van der Waals surface area (Å²) >= 11 is 0. The summed E-state index contributed by atoms with van der Waals surface area (Å²) < 4.78 is 0. The van der Waals surface area contributed by atoms with Gasteiger partial charge >= 0.3 is 0 Å². The van der Waals surface area contributed by atoms with Crippen molar-refractivity contribution in [2.45, 2.75) is 18.9 Å². The van der Waals surface area contributed by atoms with Crippen molar-refractivity contribution in [1.29, 1.82) is 0 Å². The Hall–Kier alpha value is -1.36. The highest BCUT2D eigenvalue weighted by molar-refractivity contribution is 5.92. The van der Waals surface area contributed by atoms with E-state index in [1.165, 1.54) is 6.33 Å². The summed E-state index contributed by atoms with van der Waals surface area (Å²) in [6.07, 6.45) is 5.21. The molecule has 0 spiro atoms. The number of rotatable bonds is 2. The monoisotopic (exact) mass is 222 g/mol. The minimum absolute atomic E-state index is 0.0343. The smallest absolute Gasteiger partial charge is 0.271 e. The molecule has 5 nitrogen and oxygen atoms in total. The summed E-state index contributed by atoms with van der Waals surface area (Å²) in [4.78, 5) is 22.9. The van der Waals surface area contributed by atoms with E-state index in [4.69, 9.17) is 0 Å². The fourth-order valence-corrected chi connectivity index (χ4v) is 2.11. The van der Waals surface area contributed by atoms with E-state index in [-0.39, 0.29) is 5.91 Å². The van der Waals surface area contributed by atoms with Crippen molar-refractivity contribution in [2.75, 3.05) is 27.2 Å². The van der Waals surface area contributed by atoms with Gasteiger partial charge in [0.2, 0.25) is 0 Å². The molecule has 1 N–H and O–H groups in total. The maximum atomic E-state index is 12.0. The van der Waals surface area contributed by atoms with E-state index in [9.17, 15) is 4.79 Å². The molecule has 5 heteroatoms. The van der Waals surface area contributed by atoms with Crippen LogP contribution in [0.3, 0.4) is 0 Å². The first-order valence-corrected chi connectivity index (χ1v) is 5.62. The van der Waals surface area contributed by atoms with Gasteiger partial charge in [0.05, 0.1) is 12.5 Å². The van der Waals surface area contributed by atoms with Crippen molar-refractivity contribution in [3.8, 4) is 0 Å². The summed E-state index contributed by atoms with van der Waals surface area (Å²) in [6, 6.07) is 0.354. The minimum Gasteiger partial charge on any atom is -0.341 e. The Labute approximate surface area is 95.5 Å². The molecule has 1 fully saturated rings. The first-order valence-electron chi connectivity index (χ1n) is 5.62. The Balaban J connectivity index is 1.97. The van der Waals surface area contributed by atoms with Crippen LogP contribution in [-0.2, 0) is 0 Å². The number of amides is 1. The van der Waals surface area contributed by atoms with Crippen LogP contribution in [0.25, 0.3) is 0 Å². The summed E-state index contributed by atoms with van der Waals surface area (Å²) in [5, 5.41) is 0. The number of nitrogens with one attached hydrogen (secondary N) is 1. The van der Waals surface area contributed by atoms with Gasteiger partial charge in [0.25, 0.3) is 5.91 Å². The second-order valence-corrected chi connectivity index (χ2v) is 4.42. The lowest BCUT2D eigenvalue weighted by Gasteiger charge is -2.34. The van der Waals surface area contributed by atoms with Crippen LogP contribution in [0.2, 0.25) is 0 Å². The van der Waals surface area contributed by atoms with E-state index in [1.54, 1.807) is 6.20 Å². The lowest BCUT2D eigenvalue weighted by Crippen LogP contribution is -2.44. The predicted molar refractivity (Wildman–Crippen MR) is 61.2 cm³/mol. The largest absolute Gasteiger partial charge is 0.341 e. The van der Waals surface area contributed by atoms with Gasteiger partial charge in [0, 0.05) is 13.1 Å². The van der Waals surface area contributed by atoms with Gasteiger partial charge in [-0.15, -0.1) is 0 Å². The Kier molecular flexibility index (Phi) is 3.24. The van der Waals surface area contributed by atoms with E-state index in [0.717, 1.165) is 25.9 Å². The van der Waals surface area contributed by atoms with Crippen molar-refractivity contribution in [3.63, 3.8) is 0 Å². The molecule has 2 heterocycles. The number of likely N-dealkylation sites (tertiary alicyclic amines) is 1. The zero-order valence-corrected chi connectivity index (χ0v) is 9.81. The first-order chi connectivity index (χ1) is 7.68. The molecular formula is C11H18N4O. The SMILES string of the molecule is CN1CCC(N(C)C(=O)c2cnc[nH]2)CC1. The van der Waals surface area contributed by atoms with Crippen LogP contribution in [-0.4, -0.2) is 58.9 Å². The van der Waals surface area contributed by atoms with Gasteiger partial charge in [-0.1, -0.05) is 0 Å². The lowest BCUT2D eigenvalue weighted by molar-refractivity contribution is 0.0654. The molecule has 0 unspecified atom stereocenters. The van der Waals surface area contributed by atoms with Gasteiger partial charge in [0.15, 0.2) is 0 Å². The number of carbonyl (C=O) groups is 1. The Morgan fingerprint density at radius 1 is 1.56 bits per heavy atom. The molecule has 16 heavy (non-hydrogen) atoms. The average molecular weight is 222 g/mol. The first kappa shape index (κ1) is 11.1. The van der Waals surface area contributed by atoms with Crippen LogP contribution < -0.4 is 0 Å². The number of aromatic nitrogens is 2. The molecule has 0 atom stereocenters. The molecule has 1 saturated heterocycles. The molecule has 1 aromatic rings. The van der Waals surface area contributed by atoms with Gasteiger partial charge in [0.1, 0.15) is 5.69 Å². The highest BCUT2D eigenvalue weighted by atomic mass is 16.2. The van der Waals surface area contributed by atoms with Crippen molar-refractivity contribution in [3.05, 3.63) is 18.2 Å². The van der Waals surface area contributed by atoms with E-state index < -0.39 is 0 Å². The van der Waals surface area contributed by atoms with E-state index in [1.807, 2.05) is 11.9 Å².